The molecule has 1 aliphatic heterocycles. The standard InChI is InChI=1S/C31H25BrN4O4S2/c1-40-26-11-6-21(7-12-26)19-33-36(31-34-28-15-10-25(32)18-29(28)41-31)30(37)23-8-13-27(14-9-23)42(38,39)35-17-16-22-4-2-3-5-24(22)20-35/h2-15,18-19H,16-17,20H2,1H3/b33-19+. The molecular weight excluding hydrogens is 636 g/mol. The molecule has 11 heteroatoms. The van der Waals surface area contributed by atoms with E-state index in [1.54, 1.807) is 13.3 Å². The summed E-state index contributed by atoms with van der Waals surface area (Å²) in [5.74, 6) is 0.273. The highest BCUT2D eigenvalue weighted by Crippen LogP contribution is 2.32. The fourth-order valence-electron chi connectivity index (χ4n) is 4.70. The number of benzene rings is 4. The van der Waals surface area contributed by atoms with Gasteiger partial charge in [0.1, 0.15) is 5.75 Å². The van der Waals surface area contributed by atoms with E-state index < -0.39 is 15.9 Å². The minimum absolute atomic E-state index is 0.136. The molecule has 1 aliphatic rings. The Morgan fingerprint density at radius 2 is 1.76 bits per heavy atom. The summed E-state index contributed by atoms with van der Waals surface area (Å²) in [4.78, 5) is 18.6. The molecule has 0 N–H and O–H groups in total. The molecule has 2 heterocycles. The highest BCUT2D eigenvalue weighted by Gasteiger charge is 2.29. The van der Waals surface area contributed by atoms with Crippen LogP contribution in [0.5, 0.6) is 5.75 Å². The average Bonchev–Trinajstić information content (AvgIpc) is 3.44. The van der Waals surface area contributed by atoms with Crippen LogP contribution in [0.1, 0.15) is 27.0 Å². The lowest BCUT2D eigenvalue weighted by Gasteiger charge is -2.28. The van der Waals surface area contributed by atoms with Crippen LogP contribution in [0.4, 0.5) is 5.13 Å². The molecule has 4 aromatic carbocycles. The van der Waals surface area contributed by atoms with E-state index in [1.807, 2.05) is 66.7 Å². The van der Waals surface area contributed by atoms with E-state index in [1.165, 1.54) is 50.5 Å². The molecule has 6 rings (SSSR count). The van der Waals surface area contributed by atoms with Gasteiger partial charge < -0.3 is 4.74 Å². The summed E-state index contributed by atoms with van der Waals surface area (Å²) in [5.41, 5.74) is 3.96. The van der Waals surface area contributed by atoms with Crippen molar-refractivity contribution in [3.63, 3.8) is 0 Å². The molecule has 5 aromatic rings. The monoisotopic (exact) mass is 660 g/mol. The topological polar surface area (TPSA) is 92.2 Å². The number of hydrogen-bond acceptors (Lipinski definition) is 7. The van der Waals surface area contributed by atoms with Crippen LogP contribution in [0.15, 0.2) is 105 Å². The first-order valence-corrected chi connectivity index (χ1v) is 16.1. The van der Waals surface area contributed by atoms with E-state index in [0.717, 1.165) is 25.8 Å². The molecule has 0 unspecified atom stereocenters. The third kappa shape index (κ3) is 5.73. The maximum atomic E-state index is 13.8. The lowest BCUT2D eigenvalue weighted by Crippen LogP contribution is -2.36. The second kappa shape index (κ2) is 11.8. The number of halogens is 1. The molecule has 0 aliphatic carbocycles. The number of thiazole rings is 1. The lowest BCUT2D eigenvalue weighted by molar-refractivity contribution is 0.0987. The smallest absolute Gasteiger partial charge is 0.280 e. The molecule has 212 valence electrons. The normalized spacial score (nSPS) is 13.8. The van der Waals surface area contributed by atoms with Gasteiger partial charge in [0.15, 0.2) is 0 Å². The highest BCUT2D eigenvalue weighted by atomic mass is 79.9. The van der Waals surface area contributed by atoms with Gasteiger partial charge in [-0.3, -0.25) is 4.79 Å². The fraction of sp³-hybridized carbons (Fsp3) is 0.129. The number of amides is 1. The second-order valence-corrected chi connectivity index (χ2v) is 13.5. The Hall–Kier alpha value is -3.90. The van der Waals surface area contributed by atoms with Crippen molar-refractivity contribution >= 4 is 64.8 Å². The summed E-state index contributed by atoms with van der Waals surface area (Å²) in [6.45, 7) is 0.725. The van der Waals surface area contributed by atoms with Gasteiger partial charge in [-0.1, -0.05) is 51.5 Å². The van der Waals surface area contributed by atoms with Gasteiger partial charge in [0.25, 0.3) is 5.91 Å². The number of aromatic nitrogens is 1. The quantitative estimate of drug-likeness (QED) is 0.147. The van der Waals surface area contributed by atoms with E-state index in [2.05, 4.69) is 26.0 Å². The molecule has 42 heavy (non-hydrogen) atoms. The van der Waals surface area contributed by atoms with Crippen molar-refractivity contribution in [3.05, 3.63) is 118 Å². The number of methoxy groups -OCH3 is 1. The molecule has 8 nitrogen and oxygen atoms in total. The Labute approximate surface area is 256 Å². The average molecular weight is 662 g/mol. The van der Waals surface area contributed by atoms with Crippen LogP contribution in [0, 0.1) is 0 Å². The number of rotatable bonds is 7. The number of hydrogen-bond donors (Lipinski definition) is 0. The van der Waals surface area contributed by atoms with Crippen LogP contribution in [-0.4, -0.2) is 43.5 Å². The summed E-state index contributed by atoms with van der Waals surface area (Å²) >= 11 is 4.81. The molecule has 0 saturated carbocycles. The van der Waals surface area contributed by atoms with Crippen molar-refractivity contribution < 1.29 is 17.9 Å². The largest absolute Gasteiger partial charge is 0.497 e. The number of ether oxygens (including phenoxy) is 1. The molecule has 1 aromatic heterocycles. The first-order valence-electron chi connectivity index (χ1n) is 13.1. The summed E-state index contributed by atoms with van der Waals surface area (Å²) in [5, 5.41) is 6.14. The maximum Gasteiger partial charge on any atom is 0.280 e. The molecule has 0 radical (unpaired) electrons. The number of nitrogens with zero attached hydrogens (tertiary/aromatic N) is 4. The minimum atomic E-state index is -3.74. The molecule has 0 bridgehead atoms. The zero-order valence-electron chi connectivity index (χ0n) is 22.5. The third-order valence-electron chi connectivity index (χ3n) is 6.99. The SMILES string of the molecule is COc1ccc(/C=N/N(C(=O)c2ccc(S(=O)(=O)N3CCc4ccccc4C3)cc2)c2nc3ccc(Br)cc3s2)cc1. The summed E-state index contributed by atoms with van der Waals surface area (Å²) in [6, 6.07) is 26.8. The van der Waals surface area contributed by atoms with Crippen LogP contribution in [0.25, 0.3) is 10.2 Å². The lowest BCUT2D eigenvalue weighted by atomic mass is 10.0. The van der Waals surface area contributed by atoms with Crippen molar-refractivity contribution in [2.45, 2.75) is 17.9 Å². The van der Waals surface area contributed by atoms with Gasteiger partial charge in [0, 0.05) is 23.1 Å². The van der Waals surface area contributed by atoms with E-state index in [-0.39, 0.29) is 10.5 Å². The van der Waals surface area contributed by atoms with Crippen molar-refractivity contribution in [1.29, 1.82) is 0 Å². The maximum absolute atomic E-state index is 13.8. The van der Waals surface area contributed by atoms with Gasteiger partial charge in [-0.15, -0.1) is 0 Å². The summed E-state index contributed by atoms with van der Waals surface area (Å²) in [7, 11) is -2.14. The molecule has 0 saturated heterocycles. The summed E-state index contributed by atoms with van der Waals surface area (Å²) < 4.78 is 35.4. The number of hydrazone groups is 1. The van der Waals surface area contributed by atoms with E-state index in [0.29, 0.717) is 30.4 Å². The van der Waals surface area contributed by atoms with E-state index in [9.17, 15) is 13.2 Å². The third-order valence-corrected chi connectivity index (χ3v) is 10.3. The Morgan fingerprint density at radius 3 is 2.50 bits per heavy atom. The molecule has 0 spiro atoms. The van der Waals surface area contributed by atoms with Crippen molar-refractivity contribution in [3.8, 4) is 5.75 Å². The first-order chi connectivity index (χ1) is 20.3. The van der Waals surface area contributed by atoms with Gasteiger partial charge in [0.05, 0.1) is 28.4 Å². The second-order valence-electron chi connectivity index (χ2n) is 9.62. The number of sulfonamides is 1. The van der Waals surface area contributed by atoms with Crippen LogP contribution >= 0.6 is 27.3 Å². The zero-order valence-corrected chi connectivity index (χ0v) is 25.7. The van der Waals surface area contributed by atoms with Crippen LogP contribution < -0.4 is 9.75 Å². The number of carbonyl (C=O) groups excluding carboxylic acids is 1. The molecule has 0 fully saturated rings. The van der Waals surface area contributed by atoms with Gasteiger partial charge in [-0.2, -0.15) is 14.4 Å². The van der Waals surface area contributed by atoms with E-state index >= 15 is 0 Å². The number of carbonyl (C=O) groups is 1. The van der Waals surface area contributed by atoms with Gasteiger partial charge in [0.2, 0.25) is 15.2 Å². The Morgan fingerprint density at radius 1 is 1.02 bits per heavy atom. The van der Waals surface area contributed by atoms with Gasteiger partial charge >= 0.3 is 0 Å². The number of anilines is 1. The van der Waals surface area contributed by atoms with Crippen LogP contribution in [0.2, 0.25) is 0 Å². The van der Waals surface area contributed by atoms with Crippen molar-refractivity contribution in [2.24, 2.45) is 5.10 Å². The Kier molecular flexibility index (Phi) is 7.91. The van der Waals surface area contributed by atoms with Crippen LogP contribution in [0.3, 0.4) is 0 Å². The number of fused-ring (bicyclic) bond motifs is 2. The zero-order chi connectivity index (χ0) is 29.3. The predicted molar refractivity (Wildman–Crippen MR) is 169 cm³/mol. The fourth-order valence-corrected chi connectivity index (χ4v) is 7.59. The minimum Gasteiger partial charge on any atom is -0.497 e. The van der Waals surface area contributed by atoms with E-state index in [4.69, 9.17) is 4.74 Å². The van der Waals surface area contributed by atoms with Crippen LogP contribution in [-0.2, 0) is 23.0 Å². The van der Waals surface area contributed by atoms with Crippen molar-refractivity contribution in [1.82, 2.24) is 9.29 Å². The van der Waals surface area contributed by atoms with Crippen molar-refractivity contribution in [2.75, 3.05) is 18.7 Å². The summed E-state index contributed by atoms with van der Waals surface area (Å²) in [6.07, 6.45) is 2.23. The Bertz CT molecular complexity index is 1910. The molecular formula is C31H25BrN4O4S2. The highest BCUT2D eigenvalue weighted by molar-refractivity contribution is 9.10. The Balaban J connectivity index is 1.29. The molecule has 0 atom stereocenters. The van der Waals surface area contributed by atoms with Gasteiger partial charge in [-0.05, 0) is 89.8 Å². The predicted octanol–water partition coefficient (Wildman–Crippen LogP) is 6.50. The molecule has 1 amide bonds. The van der Waals surface area contributed by atoms with Gasteiger partial charge in [-0.25, -0.2) is 13.4 Å². The first kappa shape index (κ1) is 28.2.